The molecule has 44 heavy (non-hydrogen) atoms. The van der Waals surface area contributed by atoms with Gasteiger partial charge in [-0.25, -0.2) is 0 Å². The number of benzene rings is 1. The summed E-state index contributed by atoms with van der Waals surface area (Å²) in [5.74, 6) is -2.88. The van der Waals surface area contributed by atoms with Gasteiger partial charge in [0.25, 0.3) is 0 Å². The second-order valence-corrected chi connectivity index (χ2v) is 10.8. The molecule has 1 fully saturated rings. The number of carbonyl (C=O) groups excluding carboxylic acids is 6. The van der Waals surface area contributed by atoms with Crippen LogP contribution in [-0.2, 0) is 35.2 Å². The normalized spacial score (nSPS) is 16.5. The molecule has 1 aliphatic heterocycles. The number of aliphatic hydroxyl groups excluding tert-OH is 1. The molecule has 242 valence electrons. The first kappa shape index (κ1) is 36.1. The first-order chi connectivity index (χ1) is 21.0. The molecular formula is C31H46N6O7. The Morgan fingerprint density at radius 3 is 2.34 bits per heavy atom. The van der Waals surface area contributed by atoms with Gasteiger partial charge in [-0.3, -0.25) is 39.0 Å². The van der Waals surface area contributed by atoms with E-state index in [4.69, 9.17) is 0 Å². The fraction of sp³-hybridized carbons (Fsp3) is 0.548. The predicted molar refractivity (Wildman–Crippen MR) is 163 cm³/mol. The number of hydrogen-bond donors (Lipinski definition) is 6. The number of nitrogens with zero attached hydrogens (tertiary/aromatic N) is 1. The highest BCUT2D eigenvalue weighted by Crippen LogP contribution is 2.20. The van der Waals surface area contributed by atoms with Crippen molar-refractivity contribution in [1.82, 2.24) is 31.5 Å². The van der Waals surface area contributed by atoms with Crippen LogP contribution in [0.4, 0.5) is 0 Å². The van der Waals surface area contributed by atoms with Crippen LogP contribution in [0.3, 0.4) is 0 Å². The summed E-state index contributed by atoms with van der Waals surface area (Å²) >= 11 is 0. The van der Waals surface area contributed by atoms with Crippen molar-refractivity contribution in [3.05, 3.63) is 48.6 Å². The number of hydrogen-bond acceptors (Lipinski definition) is 8. The number of amides is 6. The average Bonchev–Trinajstić information content (AvgIpc) is 3.29. The molecule has 4 atom stereocenters. The zero-order valence-electron chi connectivity index (χ0n) is 25.6. The Bertz CT molecular complexity index is 1150. The molecule has 2 rings (SSSR count). The Kier molecular flexibility index (Phi) is 15.8. The van der Waals surface area contributed by atoms with Gasteiger partial charge in [0.05, 0.1) is 25.6 Å². The summed E-state index contributed by atoms with van der Waals surface area (Å²) in [4.78, 5) is 75.0. The topological polar surface area (TPSA) is 186 Å². The van der Waals surface area contributed by atoms with Crippen LogP contribution in [0.2, 0.25) is 0 Å². The molecule has 3 unspecified atom stereocenters. The van der Waals surface area contributed by atoms with Gasteiger partial charge in [0.15, 0.2) is 0 Å². The third-order valence-electron chi connectivity index (χ3n) is 7.23. The summed E-state index contributed by atoms with van der Waals surface area (Å²) in [6, 6.07) is 8.24. The van der Waals surface area contributed by atoms with Crippen LogP contribution >= 0.6 is 0 Å². The number of imide groups is 1. The van der Waals surface area contributed by atoms with Crippen LogP contribution < -0.4 is 26.6 Å². The number of nitrogens with one attached hydrogen (secondary N) is 5. The van der Waals surface area contributed by atoms with E-state index in [-0.39, 0.29) is 56.1 Å². The van der Waals surface area contributed by atoms with Crippen molar-refractivity contribution in [2.24, 2.45) is 5.92 Å². The first-order valence-corrected chi connectivity index (χ1v) is 15.1. The van der Waals surface area contributed by atoms with E-state index >= 15 is 0 Å². The molecule has 6 N–H and O–H groups in total. The Labute approximate surface area is 258 Å². The minimum Gasteiger partial charge on any atom is -0.377 e. The van der Waals surface area contributed by atoms with Crippen LogP contribution in [0.15, 0.2) is 43.0 Å². The van der Waals surface area contributed by atoms with Crippen LogP contribution in [0.1, 0.15) is 57.9 Å². The lowest BCUT2D eigenvalue weighted by Gasteiger charge is -2.22. The first-order valence-electron chi connectivity index (χ1n) is 15.1. The van der Waals surface area contributed by atoms with E-state index in [0.717, 1.165) is 12.0 Å². The Hall–Kier alpha value is -4.10. The summed E-state index contributed by atoms with van der Waals surface area (Å²) in [5, 5.41) is 23.3. The zero-order chi connectivity index (χ0) is 32.5. The molecule has 1 aromatic rings. The summed E-state index contributed by atoms with van der Waals surface area (Å²) in [6.45, 7) is 7.00. The van der Waals surface area contributed by atoms with Crippen LogP contribution in [0.25, 0.3) is 0 Å². The van der Waals surface area contributed by atoms with Crippen LogP contribution in [-0.4, -0.2) is 89.9 Å². The highest BCUT2D eigenvalue weighted by molar-refractivity contribution is 6.04. The fourth-order valence-electron chi connectivity index (χ4n) is 4.50. The van der Waals surface area contributed by atoms with Crippen molar-refractivity contribution in [2.75, 3.05) is 26.2 Å². The van der Waals surface area contributed by atoms with Gasteiger partial charge in [-0.15, -0.1) is 6.58 Å². The SMILES string of the molecule is C=CC1CC(=O)N(CCCCCC(=O)NCC(=O)NCC(=O)N[C@@H](Cc2ccccc2)C(=O)NCC(O)NC(C)CC)C1=O. The van der Waals surface area contributed by atoms with Crippen molar-refractivity contribution in [3.8, 4) is 0 Å². The maximum atomic E-state index is 12.9. The third kappa shape index (κ3) is 13.0. The molecule has 1 aromatic carbocycles. The van der Waals surface area contributed by atoms with Gasteiger partial charge in [-0.2, -0.15) is 0 Å². The lowest BCUT2D eigenvalue weighted by molar-refractivity contribution is -0.139. The molecule has 1 saturated heterocycles. The Balaban J connectivity index is 1.69. The molecule has 1 heterocycles. The quantitative estimate of drug-likeness (QED) is 0.0508. The van der Waals surface area contributed by atoms with E-state index in [0.29, 0.717) is 25.8 Å². The van der Waals surface area contributed by atoms with E-state index in [1.807, 2.05) is 44.2 Å². The zero-order valence-corrected chi connectivity index (χ0v) is 25.6. The third-order valence-corrected chi connectivity index (χ3v) is 7.23. The molecule has 13 heteroatoms. The van der Waals surface area contributed by atoms with Gasteiger partial charge < -0.3 is 26.4 Å². The summed E-state index contributed by atoms with van der Waals surface area (Å²) in [6.07, 6.45) is 3.58. The smallest absolute Gasteiger partial charge is 0.243 e. The minimum atomic E-state index is -0.951. The predicted octanol–water partition coefficient (Wildman–Crippen LogP) is -0.109. The second-order valence-electron chi connectivity index (χ2n) is 10.8. The number of rotatable bonds is 20. The molecule has 0 aromatic heterocycles. The lowest BCUT2D eigenvalue weighted by atomic mass is 10.1. The molecule has 0 saturated carbocycles. The number of carbonyl (C=O) groups is 6. The summed E-state index contributed by atoms with van der Waals surface area (Å²) < 4.78 is 0. The maximum Gasteiger partial charge on any atom is 0.243 e. The van der Waals surface area contributed by atoms with E-state index in [1.165, 1.54) is 11.0 Å². The summed E-state index contributed by atoms with van der Waals surface area (Å²) in [5.41, 5.74) is 0.817. The molecule has 13 nitrogen and oxygen atoms in total. The highest BCUT2D eigenvalue weighted by Gasteiger charge is 2.36. The highest BCUT2D eigenvalue weighted by atomic mass is 16.3. The van der Waals surface area contributed by atoms with Gasteiger partial charge >= 0.3 is 0 Å². The van der Waals surface area contributed by atoms with Gasteiger partial charge in [0.2, 0.25) is 35.4 Å². The Morgan fingerprint density at radius 1 is 1.00 bits per heavy atom. The molecule has 0 radical (unpaired) electrons. The Morgan fingerprint density at radius 2 is 1.68 bits per heavy atom. The second kappa shape index (κ2) is 19.2. The minimum absolute atomic E-state index is 0.0469. The van der Waals surface area contributed by atoms with Crippen LogP contribution in [0, 0.1) is 5.92 Å². The number of aliphatic hydroxyl groups is 1. The lowest BCUT2D eigenvalue weighted by Crippen LogP contribution is -2.53. The van der Waals surface area contributed by atoms with Gasteiger partial charge in [0.1, 0.15) is 12.3 Å². The van der Waals surface area contributed by atoms with Gasteiger partial charge in [0, 0.05) is 31.8 Å². The molecule has 0 spiro atoms. The van der Waals surface area contributed by atoms with Gasteiger partial charge in [-0.1, -0.05) is 49.8 Å². The van der Waals surface area contributed by atoms with E-state index in [9.17, 15) is 33.9 Å². The monoisotopic (exact) mass is 614 g/mol. The number of unbranched alkanes of at least 4 members (excludes halogenated alkanes) is 2. The van der Waals surface area contributed by atoms with Crippen molar-refractivity contribution in [1.29, 1.82) is 0 Å². The van der Waals surface area contributed by atoms with Crippen LogP contribution in [0.5, 0.6) is 0 Å². The van der Waals surface area contributed by atoms with Gasteiger partial charge in [-0.05, 0) is 31.7 Å². The molecule has 6 amide bonds. The van der Waals surface area contributed by atoms with E-state index in [1.54, 1.807) is 0 Å². The molecule has 0 aliphatic carbocycles. The standard InChI is InChI=1S/C31H46N6O7/c1-4-21(3)35-27(40)20-34-30(43)24(16-22-12-8-6-9-13-22)36-28(41)19-33-26(39)18-32-25(38)14-10-7-11-15-37-29(42)17-23(5-2)31(37)44/h5-6,8-9,12-13,21,23-24,27,35,40H,2,4,7,10-11,14-20H2,1,3H3,(H,32,38)(H,33,39)(H,34,43)(H,36,41)/t21?,23?,24-,27?/m0/s1. The van der Waals surface area contributed by atoms with Crippen molar-refractivity contribution in [3.63, 3.8) is 0 Å². The van der Waals surface area contributed by atoms with Crippen molar-refractivity contribution < 1.29 is 33.9 Å². The average molecular weight is 615 g/mol. The van der Waals surface area contributed by atoms with E-state index in [2.05, 4.69) is 33.2 Å². The van der Waals surface area contributed by atoms with E-state index < -0.39 is 42.5 Å². The number of likely N-dealkylation sites (tertiary alicyclic amines) is 1. The van der Waals surface area contributed by atoms with Crippen molar-refractivity contribution in [2.45, 2.75) is 77.1 Å². The molecule has 1 aliphatic rings. The maximum absolute atomic E-state index is 12.9. The molecule has 0 bridgehead atoms. The largest absolute Gasteiger partial charge is 0.377 e. The summed E-state index contributed by atoms with van der Waals surface area (Å²) in [7, 11) is 0. The molecular weight excluding hydrogens is 568 g/mol. The van der Waals surface area contributed by atoms with Crippen molar-refractivity contribution >= 4 is 35.4 Å². The fourth-order valence-corrected chi connectivity index (χ4v) is 4.50.